The van der Waals surface area contributed by atoms with Gasteiger partial charge in [0.15, 0.2) is 0 Å². The van der Waals surface area contributed by atoms with Crippen LogP contribution >= 0.6 is 0 Å². The van der Waals surface area contributed by atoms with Crippen molar-refractivity contribution in [3.63, 3.8) is 0 Å². The van der Waals surface area contributed by atoms with Gasteiger partial charge in [-0.3, -0.25) is 9.59 Å². The third-order valence-electron chi connectivity index (χ3n) is 5.97. The Balaban J connectivity index is 1.51. The molecule has 0 bridgehead atoms. The van der Waals surface area contributed by atoms with Crippen molar-refractivity contribution in [1.29, 1.82) is 0 Å². The lowest BCUT2D eigenvalue weighted by molar-refractivity contribution is -0.129. The summed E-state index contributed by atoms with van der Waals surface area (Å²) in [6, 6.07) is 18.0. The van der Waals surface area contributed by atoms with E-state index in [1.54, 1.807) is 0 Å². The van der Waals surface area contributed by atoms with Crippen LogP contribution in [0.1, 0.15) is 69.5 Å². The van der Waals surface area contributed by atoms with E-state index >= 15 is 0 Å². The Morgan fingerprint density at radius 3 is 1.97 bits per heavy atom. The maximum absolute atomic E-state index is 12.8. The largest absolute Gasteiger partial charge is 0.349 e. The third-order valence-corrected chi connectivity index (χ3v) is 5.97. The van der Waals surface area contributed by atoms with Gasteiger partial charge in [-0.2, -0.15) is 0 Å². The number of anilines is 1. The van der Waals surface area contributed by atoms with Crippen LogP contribution in [0.2, 0.25) is 0 Å². The summed E-state index contributed by atoms with van der Waals surface area (Å²) in [4.78, 5) is 25.4. The smallest absolute Gasteiger partial charge is 0.227 e. The van der Waals surface area contributed by atoms with Crippen LogP contribution in [0.25, 0.3) is 0 Å². The molecule has 154 valence electrons. The van der Waals surface area contributed by atoms with Crippen LogP contribution < -0.4 is 10.6 Å². The van der Waals surface area contributed by atoms with Gasteiger partial charge >= 0.3 is 0 Å². The molecule has 4 heteroatoms. The fourth-order valence-electron chi connectivity index (χ4n) is 4.12. The second-order valence-electron chi connectivity index (χ2n) is 8.42. The fourth-order valence-corrected chi connectivity index (χ4v) is 4.12. The molecular formula is C25H32N2O2. The molecule has 0 radical (unpaired) electrons. The van der Waals surface area contributed by atoms with E-state index in [9.17, 15) is 9.59 Å². The monoisotopic (exact) mass is 392 g/mol. The first kappa shape index (κ1) is 21.1. The van der Waals surface area contributed by atoms with Crippen LogP contribution in [0.15, 0.2) is 54.6 Å². The molecule has 1 aliphatic rings. The maximum atomic E-state index is 12.8. The van der Waals surface area contributed by atoms with E-state index in [2.05, 4.69) is 30.5 Å². The highest BCUT2D eigenvalue weighted by atomic mass is 16.2. The summed E-state index contributed by atoms with van der Waals surface area (Å²) in [7, 11) is 0. The van der Waals surface area contributed by atoms with E-state index < -0.39 is 0 Å². The first-order valence-corrected chi connectivity index (χ1v) is 10.7. The van der Waals surface area contributed by atoms with Crippen molar-refractivity contribution >= 4 is 17.5 Å². The molecule has 1 fully saturated rings. The Labute approximate surface area is 174 Å². The summed E-state index contributed by atoms with van der Waals surface area (Å²) in [6.07, 6.45) is 3.04. The molecule has 0 heterocycles. The lowest BCUT2D eigenvalue weighted by Crippen LogP contribution is -2.36. The Kier molecular flexibility index (Phi) is 7.08. The quantitative estimate of drug-likeness (QED) is 0.688. The van der Waals surface area contributed by atoms with Gasteiger partial charge in [-0.1, -0.05) is 62.4 Å². The average molecular weight is 393 g/mol. The number of rotatable bonds is 6. The van der Waals surface area contributed by atoms with Crippen LogP contribution in [0.3, 0.4) is 0 Å². The molecule has 2 aromatic rings. The minimum Gasteiger partial charge on any atom is -0.349 e. The highest BCUT2D eigenvalue weighted by molar-refractivity contribution is 5.93. The van der Waals surface area contributed by atoms with Gasteiger partial charge in [-0.15, -0.1) is 0 Å². The van der Waals surface area contributed by atoms with Gasteiger partial charge in [0.25, 0.3) is 0 Å². The topological polar surface area (TPSA) is 58.2 Å². The number of amides is 2. The van der Waals surface area contributed by atoms with Crippen molar-refractivity contribution in [2.45, 2.75) is 58.4 Å². The molecule has 0 saturated heterocycles. The molecule has 1 saturated carbocycles. The molecule has 2 N–H and O–H groups in total. The van der Waals surface area contributed by atoms with Gasteiger partial charge in [0.1, 0.15) is 0 Å². The van der Waals surface area contributed by atoms with E-state index in [-0.39, 0.29) is 29.7 Å². The van der Waals surface area contributed by atoms with E-state index in [1.165, 1.54) is 0 Å². The maximum Gasteiger partial charge on any atom is 0.227 e. The van der Waals surface area contributed by atoms with E-state index in [1.807, 2.05) is 55.5 Å². The van der Waals surface area contributed by atoms with Crippen molar-refractivity contribution < 1.29 is 9.59 Å². The molecule has 0 aromatic heterocycles. The molecule has 1 unspecified atom stereocenters. The van der Waals surface area contributed by atoms with Crippen molar-refractivity contribution in [2.75, 3.05) is 5.32 Å². The van der Waals surface area contributed by atoms with E-state index in [0.29, 0.717) is 5.92 Å². The Morgan fingerprint density at radius 2 is 1.34 bits per heavy atom. The summed E-state index contributed by atoms with van der Waals surface area (Å²) in [5.74, 6) is 0.511. The molecule has 2 amide bonds. The third kappa shape index (κ3) is 5.47. The number of carbonyl (C=O) groups excluding carboxylic acids is 2. The fraction of sp³-hybridized carbons (Fsp3) is 0.440. The number of hydrogen-bond acceptors (Lipinski definition) is 2. The van der Waals surface area contributed by atoms with Crippen molar-refractivity contribution in [2.24, 2.45) is 11.8 Å². The number of para-hydroxylation sites is 1. The molecule has 1 atom stereocenters. The van der Waals surface area contributed by atoms with E-state index in [0.717, 1.165) is 42.5 Å². The lowest BCUT2D eigenvalue weighted by atomic mass is 9.81. The zero-order valence-electron chi connectivity index (χ0n) is 17.7. The van der Waals surface area contributed by atoms with Crippen LogP contribution in [-0.4, -0.2) is 11.8 Å². The molecule has 0 spiro atoms. The Bertz CT molecular complexity index is 824. The SMILES string of the molecule is CC(C)c1ccccc1NC(=O)C1CCC(C(=O)NC(C)c2ccccc2)CC1. The predicted molar refractivity (Wildman–Crippen MR) is 118 cm³/mol. The number of carbonyl (C=O) groups is 2. The van der Waals surface area contributed by atoms with Crippen LogP contribution in [0.5, 0.6) is 0 Å². The zero-order valence-corrected chi connectivity index (χ0v) is 17.7. The minimum absolute atomic E-state index is 0.00254. The average Bonchev–Trinajstić information content (AvgIpc) is 2.74. The highest BCUT2D eigenvalue weighted by Crippen LogP contribution is 2.31. The zero-order chi connectivity index (χ0) is 20.8. The van der Waals surface area contributed by atoms with Crippen LogP contribution in [0, 0.1) is 11.8 Å². The van der Waals surface area contributed by atoms with Crippen molar-refractivity contribution in [3.05, 3.63) is 65.7 Å². The molecule has 29 heavy (non-hydrogen) atoms. The second-order valence-corrected chi connectivity index (χ2v) is 8.42. The summed E-state index contributed by atoms with van der Waals surface area (Å²) < 4.78 is 0. The molecule has 0 aliphatic heterocycles. The normalized spacial score (nSPS) is 20.1. The Morgan fingerprint density at radius 1 is 0.793 bits per heavy atom. The summed E-state index contributed by atoms with van der Waals surface area (Å²) in [6.45, 7) is 6.27. The molecular weight excluding hydrogens is 360 g/mol. The highest BCUT2D eigenvalue weighted by Gasteiger charge is 2.30. The number of hydrogen-bond donors (Lipinski definition) is 2. The van der Waals surface area contributed by atoms with Gasteiger partial charge in [0.05, 0.1) is 6.04 Å². The van der Waals surface area contributed by atoms with Gasteiger partial charge in [-0.25, -0.2) is 0 Å². The second kappa shape index (κ2) is 9.73. The summed E-state index contributed by atoms with van der Waals surface area (Å²) in [5.41, 5.74) is 3.17. The molecule has 2 aromatic carbocycles. The van der Waals surface area contributed by atoms with Crippen LogP contribution in [-0.2, 0) is 9.59 Å². The van der Waals surface area contributed by atoms with Crippen molar-refractivity contribution in [3.8, 4) is 0 Å². The van der Waals surface area contributed by atoms with Crippen molar-refractivity contribution in [1.82, 2.24) is 5.32 Å². The number of benzene rings is 2. The lowest BCUT2D eigenvalue weighted by Gasteiger charge is -2.28. The standard InChI is InChI=1S/C25H32N2O2/c1-17(2)22-11-7-8-12-23(22)27-25(29)21-15-13-20(14-16-21)24(28)26-18(3)19-9-5-4-6-10-19/h4-12,17-18,20-21H,13-16H2,1-3H3,(H,26,28)(H,27,29). The molecule has 4 nitrogen and oxygen atoms in total. The Hall–Kier alpha value is -2.62. The van der Waals surface area contributed by atoms with Crippen LogP contribution in [0.4, 0.5) is 5.69 Å². The first-order chi connectivity index (χ1) is 14.0. The van der Waals surface area contributed by atoms with Gasteiger partial charge < -0.3 is 10.6 Å². The predicted octanol–water partition coefficient (Wildman–Crippen LogP) is 5.43. The minimum atomic E-state index is -0.0224. The molecule has 1 aliphatic carbocycles. The number of nitrogens with one attached hydrogen (secondary N) is 2. The summed E-state index contributed by atoms with van der Waals surface area (Å²) >= 11 is 0. The molecule has 3 rings (SSSR count). The first-order valence-electron chi connectivity index (χ1n) is 10.7. The summed E-state index contributed by atoms with van der Waals surface area (Å²) in [5, 5.41) is 6.25. The van der Waals surface area contributed by atoms with E-state index in [4.69, 9.17) is 0 Å². The van der Waals surface area contributed by atoms with Gasteiger partial charge in [-0.05, 0) is 55.7 Å². The van der Waals surface area contributed by atoms with Gasteiger partial charge in [0, 0.05) is 17.5 Å². The van der Waals surface area contributed by atoms with Gasteiger partial charge in [0.2, 0.25) is 11.8 Å².